The Labute approximate surface area is 94.1 Å². The summed E-state index contributed by atoms with van der Waals surface area (Å²) in [6.45, 7) is 1.91. The van der Waals surface area contributed by atoms with E-state index in [-0.39, 0.29) is 6.42 Å². The molecule has 0 atom stereocenters. The van der Waals surface area contributed by atoms with Gasteiger partial charge in [-0.2, -0.15) is 0 Å². The lowest BCUT2D eigenvalue weighted by Gasteiger charge is -1.97. The lowest BCUT2D eigenvalue weighted by atomic mass is 10.1. The number of carboxylic acid groups (broad SMARTS) is 1. The predicted octanol–water partition coefficient (Wildman–Crippen LogP) is 3.93. The van der Waals surface area contributed by atoms with Crippen LogP contribution in [-0.4, -0.2) is 11.1 Å². The SMILES string of the molecule is [2H]C(=C/CCCCCCCC(=O)O)/C=C/C. The number of carbonyl (C=O) groups is 1. The monoisotopic (exact) mass is 211 g/mol. The Bertz CT molecular complexity index is 244. The summed E-state index contributed by atoms with van der Waals surface area (Å²) in [4.78, 5) is 10.2. The first-order chi connectivity index (χ1) is 7.66. The maximum absolute atomic E-state index is 10.2. The van der Waals surface area contributed by atoms with Gasteiger partial charge >= 0.3 is 5.97 Å². The molecule has 86 valence electrons. The van der Waals surface area contributed by atoms with Crippen molar-refractivity contribution in [2.45, 2.75) is 51.9 Å². The zero-order valence-electron chi connectivity index (χ0n) is 10.5. The average Bonchev–Trinajstić information content (AvgIpc) is 2.22. The molecule has 0 bridgehead atoms. The van der Waals surface area contributed by atoms with Crippen molar-refractivity contribution in [3.8, 4) is 0 Å². The zero-order valence-corrected chi connectivity index (χ0v) is 9.54. The minimum absolute atomic E-state index is 0.290. The molecule has 0 amide bonds. The Balaban J connectivity index is 3.27. The zero-order chi connectivity index (χ0) is 12.2. The standard InChI is InChI=1S/C13H22O2/c1-2-3-4-5-6-7-8-9-10-11-12-13(14)15/h2-5H,6-12H2,1H3,(H,14,15)/b3-2+,5-4-/i4D. The summed E-state index contributed by atoms with van der Waals surface area (Å²) in [6, 6.07) is 0.577. The van der Waals surface area contributed by atoms with Crippen LogP contribution in [0.2, 0.25) is 0 Å². The van der Waals surface area contributed by atoms with Crippen LogP contribution in [0.1, 0.15) is 53.2 Å². The van der Waals surface area contributed by atoms with Crippen molar-refractivity contribution in [3.63, 3.8) is 0 Å². The van der Waals surface area contributed by atoms with Crippen molar-refractivity contribution in [1.82, 2.24) is 0 Å². The molecule has 0 aliphatic heterocycles. The van der Waals surface area contributed by atoms with Gasteiger partial charge in [0.25, 0.3) is 0 Å². The molecule has 0 radical (unpaired) electrons. The molecule has 0 unspecified atom stereocenters. The Hall–Kier alpha value is -1.05. The van der Waals surface area contributed by atoms with Gasteiger partial charge in [-0.3, -0.25) is 4.79 Å². The van der Waals surface area contributed by atoms with Crippen LogP contribution in [0.4, 0.5) is 0 Å². The molecular formula is C13H22O2. The maximum Gasteiger partial charge on any atom is 0.303 e. The molecule has 15 heavy (non-hydrogen) atoms. The van der Waals surface area contributed by atoms with Gasteiger partial charge in [-0.05, 0) is 26.2 Å². The molecule has 0 fully saturated rings. The first kappa shape index (κ1) is 12.0. The molecule has 2 heteroatoms. The van der Waals surface area contributed by atoms with Crippen LogP contribution in [-0.2, 0) is 4.79 Å². The quantitative estimate of drug-likeness (QED) is 0.463. The van der Waals surface area contributed by atoms with Crippen LogP contribution >= 0.6 is 0 Å². The van der Waals surface area contributed by atoms with Gasteiger partial charge in [-0.15, -0.1) is 0 Å². The Morgan fingerprint density at radius 1 is 1.27 bits per heavy atom. The molecule has 0 saturated carbocycles. The second kappa shape index (κ2) is 11.0. The van der Waals surface area contributed by atoms with Crippen LogP contribution in [0, 0.1) is 0 Å². The number of rotatable bonds is 9. The predicted molar refractivity (Wildman–Crippen MR) is 63.9 cm³/mol. The molecule has 0 rings (SSSR count). The Morgan fingerprint density at radius 2 is 1.93 bits per heavy atom. The molecule has 0 spiro atoms. The summed E-state index contributed by atoms with van der Waals surface area (Å²) < 4.78 is 7.47. The molecule has 0 aromatic carbocycles. The van der Waals surface area contributed by atoms with E-state index in [1.807, 2.05) is 19.1 Å². The van der Waals surface area contributed by atoms with E-state index in [2.05, 4.69) is 0 Å². The van der Waals surface area contributed by atoms with Crippen molar-refractivity contribution in [1.29, 1.82) is 0 Å². The second-order valence-electron chi connectivity index (χ2n) is 3.57. The van der Waals surface area contributed by atoms with Gasteiger partial charge in [-0.25, -0.2) is 0 Å². The van der Waals surface area contributed by atoms with Crippen molar-refractivity contribution in [2.75, 3.05) is 0 Å². The van der Waals surface area contributed by atoms with Crippen molar-refractivity contribution >= 4 is 5.97 Å². The highest BCUT2D eigenvalue weighted by Crippen LogP contribution is 2.07. The van der Waals surface area contributed by atoms with Gasteiger partial charge < -0.3 is 5.11 Å². The number of aliphatic carboxylic acids is 1. The van der Waals surface area contributed by atoms with E-state index in [1.165, 1.54) is 0 Å². The second-order valence-corrected chi connectivity index (χ2v) is 3.57. The van der Waals surface area contributed by atoms with E-state index in [1.54, 1.807) is 6.08 Å². The van der Waals surface area contributed by atoms with Crippen LogP contribution in [0.15, 0.2) is 24.3 Å². The summed E-state index contributed by atoms with van der Waals surface area (Å²) >= 11 is 0. The summed E-state index contributed by atoms with van der Waals surface area (Å²) in [5.74, 6) is -0.701. The molecule has 2 nitrogen and oxygen atoms in total. The number of hydrogen-bond donors (Lipinski definition) is 1. The van der Waals surface area contributed by atoms with Gasteiger partial charge in [-0.1, -0.05) is 43.5 Å². The van der Waals surface area contributed by atoms with Crippen LogP contribution in [0.3, 0.4) is 0 Å². The van der Waals surface area contributed by atoms with Crippen molar-refractivity contribution in [3.05, 3.63) is 24.3 Å². The van der Waals surface area contributed by atoms with Gasteiger partial charge in [0, 0.05) is 6.42 Å². The van der Waals surface area contributed by atoms with E-state index in [4.69, 9.17) is 6.48 Å². The number of unbranched alkanes of at least 4 members (excludes halogenated alkanes) is 5. The fourth-order valence-electron chi connectivity index (χ4n) is 1.30. The lowest BCUT2D eigenvalue weighted by molar-refractivity contribution is -0.137. The molecular weight excluding hydrogens is 188 g/mol. The largest absolute Gasteiger partial charge is 0.481 e. The Morgan fingerprint density at radius 3 is 2.60 bits per heavy atom. The first-order valence-corrected chi connectivity index (χ1v) is 5.68. The van der Waals surface area contributed by atoms with E-state index in [9.17, 15) is 4.79 Å². The fraction of sp³-hybridized carbons (Fsp3) is 0.615. The van der Waals surface area contributed by atoms with Crippen LogP contribution in [0.25, 0.3) is 0 Å². The van der Waals surface area contributed by atoms with E-state index in [0.717, 1.165) is 38.5 Å². The van der Waals surface area contributed by atoms with Gasteiger partial charge in [0.15, 0.2) is 0 Å². The third-order valence-corrected chi connectivity index (χ3v) is 2.12. The molecule has 0 aromatic heterocycles. The van der Waals surface area contributed by atoms with Crippen molar-refractivity contribution < 1.29 is 11.3 Å². The summed E-state index contributed by atoms with van der Waals surface area (Å²) in [5.41, 5.74) is 0. The minimum Gasteiger partial charge on any atom is -0.481 e. The van der Waals surface area contributed by atoms with E-state index >= 15 is 0 Å². The molecule has 0 aromatic rings. The minimum atomic E-state index is -0.701. The number of carboxylic acids is 1. The molecule has 0 aliphatic rings. The normalized spacial score (nSPS) is 13.1. The highest BCUT2D eigenvalue weighted by molar-refractivity contribution is 5.66. The van der Waals surface area contributed by atoms with E-state index in [0.29, 0.717) is 6.05 Å². The summed E-state index contributed by atoms with van der Waals surface area (Å²) in [7, 11) is 0. The van der Waals surface area contributed by atoms with E-state index < -0.39 is 5.97 Å². The first-order valence-electron chi connectivity index (χ1n) is 6.18. The summed E-state index contributed by atoms with van der Waals surface area (Å²) in [6.07, 6.45) is 11.9. The molecule has 0 heterocycles. The average molecular weight is 211 g/mol. The Kier molecular flexibility index (Phi) is 8.84. The molecule has 0 saturated heterocycles. The van der Waals surface area contributed by atoms with Crippen molar-refractivity contribution in [2.24, 2.45) is 0 Å². The molecule has 0 aliphatic carbocycles. The van der Waals surface area contributed by atoms with Crippen LogP contribution in [0.5, 0.6) is 0 Å². The molecule has 1 N–H and O–H groups in total. The number of hydrogen-bond acceptors (Lipinski definition) is 1. The van der Waals surface area contributed by atoms with Gasteiger partial charge in [0.05, 0.1) is 1.37 Å². The topological polar surface area (TPSA) is 37.3 Å². The van der Waals surface area contributed by atoms with Gasteiger partial charge in [0.1, 0.15) is 0 Å². The number of allylic oxidation sites excluding steroid dienone is 4. The summed E-state index contributed by atoms with van der Waals surface area (Å²) in [5, 5.41) is 8.43. The lowest BCUT2D eigenvalue weighted by Crippen LogP contribution is -1.93. The van der Waals surface area contributed by atoms with Gasteiger partial charge in [0.2, 0.25) is 0 Å². The highest BCUT2D eigenvalue weighted by atomic mass is 16.4. The maximum atomic E-state index is 10.2. The smallest absolute Gasteiger partial charge is 0.303 e. The fourth-order valence-corrected chi connectivity index (χ4v) is 1.30. The highest BCUT2D eigenvalue weighted by Gasteiger charge is 1.95. The third-order valence-electron chi connectivity index (χ3n) is 2.12. The van der Waals surface area contributed by atoms with Crippen LogP contribution < -0.4 is 0 Å². The third kappa shape index (κ3) is 12.9.